The second kappa shape index (κ2) is 3.77. The van der Waals surface area contributed by atoms with Gasteiger partial charge < -0.3 is 9.73 Å². The molecule has 0 aliphatic heterocycles. The first-order valence-electron chi connectivity index (χ1n) is 5.44. The van der Waals surface area contributed by atoms with Crippen molar-refractivity contribution in [2.45, 2.75) is 39.2 Å². The molecule has 1 heterocycles. The minimum absolute atomic E-state index is 0.513. The van der Waals surface area contributed by atoms with Crippen LogP contribution in [-0.2, 0) is 6.42 Å². The molecule has 1 aromatic rings. The standard InChI is InChI=1S/C12H19NO/c1-10(8-11-4-3-7-14-11)13-9-12(2)5-6-12/h3-4,7,10,13H,5-6,8-9H2,1-2H3. The molecule has 14 heavy (non-hydrogen) atoms. The lowest BCUT2D eigenvalue weighted by molar-refractivity contribution is 0.418. The van der Waals surface area contributed by atoms with Gasteiger partial charge in [-0.05, 0) is 37.3 Å². The molecular formula is C12H19NO. The largest absolute Gasteiger partial charge is 0.469 e. The van der Waals surface area contributed by atoms with Crippen LogP contribution in [0.25, 0.3) is 0 Å². The summed E-state index contributed by atoms with van der Waals surface area (Å²) in [5.41, 5.74) is 0.595. The van der Waals surface area contributed by atoms with Crippen LogP contribution in [0.5, 0.6) is 0 Å². The topological polar surface area (TPSA) is 25.2 Å². The predicted molar refractivity (Wildman–Crippen MR) is 57.2 cm³/mol. The van der Waals surface area contributed by atoms with Crippen LogP contribution in [-0.4, -0.2) is 12.6 Å². The maximum atomic E-state index is 5.31. The predicted octanol–water partition coefficient (Wildman–Crippen LogP) is 2.60. The summed E-state index contributed by atoms with van der Waals surface area (Å²) >= 11 is 0. The molecule has 0 spiro atoms. The van der Waals surface area contributed by atoms with Gasteiger partial charge in [-0.1, -0.05) is 6.92 Å². The first-order chi connectivity index (χ1) is 6.68. The zero-order valence-corrected chi connectivity index (χ0v) is 9.05. The molecule has 1 N–H and O–H groups in total. The van der Waals surface area contributed by atoms with E-state index in [0.29, 0.717) is 11.5 Å². The van der Waals surface area contributed by atoms with Crippen LogP contribution in [0.1, 0.15) is 32.4 Å². The summed E-state index contributed by atoms with van der Waals surface area (Å²) < 4.78 is 5.31. The molecule has 0 bridgehead atoms. The molecule has 1 atom stereocenters. The van der Waals surface area contributed by atoms with E-state index in [4.69, 9.17) is 4.42 Å². The van der Waals surface area contributed by atoms with Gasteiger partial charge in [-0.3, -0.25) is 0 Å². The van der Waals surface area contributed by atoms with Crippen LogP contribution in [0.15, 0.2) is 22.8 Å². The Morgan fingerprint density at radius 2 is 2.36 bits per heavy atom. The van der Waals surface area contributed by atoms with Crippen LogP contribution in [0, 0.1) is 5.41 Å². The van der Waals surface area contributed by atoms with Gasteiger partial charge >= 0.3 is 0 Å². The summed E-state index contributed by atoms with van der Waals surface area (Å²) in [6.45, 7) is 5.71. The van der Waals surface area contributed by atoms with Crippen molar-refractivity contribution in [3.05, 3.63) is 24.2 Å². The van der Waals surface area contributed by atoms with Crippen molar-refractivity contribution < 1.29 is 4.42 Å². The fourth-order valence-corrected chi connectivity index (χ4v) is 1.61. The monoisotopic (exact) mass is 193 g/mol. The summed E-state index contributed by atoms with van der Waals surface area (Å²) in [6, 6.07) is 4.50. The molecule has 1 aromatic heterocycles. The number of hydrogen-bond acceptors (Lipinski definition) is 2. The summed E-state index contributed by atoms with van der Waals surface area (Å²) in [5.74, 6) is 1.07. The minimum atomic E-state index is 0.513. The third kappa shape index (κ3) is 2.61. The number of furan rings is 1. The second-order valence-electron chi connectivity index (χ2n) is 4.88. The lowest BCUT2D eigenvalue weighted by Crippen LogP contribution is -2.32. The van der Waals surface area contributed by atoms with Gasteiger partial charge in [-0.15, -0.1) is 0 Å². The first-order valence-corrected chi connectivity index (χ1v) is 5.44. The summed E-state index contributed by atoms with van der Waals surface area (Å²) in [7, 11) is 0. The Bertz CT molecular complexity index is 275. The van der Waals surface area contributed by atoms with Gasteiger partial charge in [0.15, 0.2) is 0 Å². The van der Waals surface area contributed by atoms with Crippen molar-refractivity contribution in [1.29, 1.82) is 0 Å². The van der Waals surface area contributed by atoms with E-state index in [1.807, 2.05) is 12.1 Å². The van der Waals surface area contributed by atoms with Gasteiger partial charge in [0.2, 0.25) is 0 Å². The van der Waals surface area contributed by atoms with Crippen LogP contribution < -0.4 is 5.32 Å². The third-order valence-corrected chi connectivity index (χ3v) is 3.07. The van der Waals surface area contributed by atoms with E-state index in [9.17, 15) is 0 Å². The quantitative estimate of drug-likeness (QED) is 0.777. The Kier molecular flexibility index (Phi) is 2.64. The van der Waals surface area contributed by atoms with E-state index in [0.717, 1.165) is 18.7 Å². The Labute approximate surface area is 85.7 Å². The van der Waals surface area contributed by atoms with Gasteiger partial charge in [0.05, 0.1) is 6.26 Å². The fourth-order valence-electron chi connectivity index (χ4n) is 1.61. The molecule has 0 amide bonds. The van der Waals surface area contributed by atoms with Crippen LogP contribution in [0.2, 0.25) is 0 Å². The normalized spacial score (nSPS) is 20.7. The molecule has 1 saturated carbocycles. The maximum Gasteiger partial charge on any atom is 0.105 e. The minimum Gasteiger partial charge on any atom is -0.469 e. The van der Waals surface area contributed by atoms with E-state index < -0.39 is 0 Å². The highest BCUT2D eigenvalue weighted by molar-refractivity contribution is 5.00. The molecule has 1 aliphatic rings. The van der Waals surface area contributed by atoms with Crippen molar-refractivity contribution in [1.82, 2.24) is 5.32 Å². The second-order valence-corrected chi connectivity index (χ2v) is 4.88. The van der Waals surface area contributed by atoms with Crippen molar-refractivity contribution >= 4 is 0 Å². The van der Waals surface area contributed by atoms with Gasteiger partial charge in [0.25, 0.3) is 0 Å². The number of rotatable bonds is 5. The highest BCUT2D eigenvalue weighted by Crippen LogP contribution is 2.44. The molecule has 1 unspecified atom stereocenters. The van der Waals surface area contributed by atoms with Crippen molar-refractivity contribution in [2.75, 3.05) is 6.54 Å². The van der Waals surface area contributed by atoms with Crippen molar-refractivity contribution in [3.8, 4) is 0 Å². The van der Waals surface area contributed by atoms with Crippen LogP contribution in [0.4, 0.5) is 0 Å². The van der Waals surface area contributed by atoms with E-state index in [1.165, 1.54) is 12.8 Å². The average Bonchev–Trinajstić information content (AvgIpc) is 2.67. The number of hydrogen-bond donors (Lipinski definition) is 1. The van der Waals surface area contributed by atoms with Gasteiger partial charge in [0.1, 0.15) is 5.76 Å². The highest BCUT2D eigenvalue weighted by Gasteiger charge is 2.36. The fraction of sp³-hybridized carbons (Fsp3) is 0.667. The van der Waals surface area contributed by atoms with E-state index in [1.54, 1.807) is 6.26 Å². The zero-order chi connectivity index (χ0) is 10.0. The lowest BCUT2D eigenvalue weighted by atomic mass is 10.1. The SMILES string of the molecule is CC(Cc1ccco1)NCC1(C)CC1. The van der Waals surface area contributed by atoms with Gasteiger partial charge in [0, 0.05) is 19.0 Å². The van der Waals surface area contributed by atoms with Gasteiger partial charge in [-0.2, -0.15) is 0 Å². The molecular weight excluding hydrogens is 174 g/mol. The van der Waals surface area contributed by atoms with E-state index >= 15 is 0 Å². The molecule has 1 aliphatic carbocycles. The molecule has 2 rings (SSSR count). The molecule has 0 saturated heterocycles. The summed E-state index contributed by atoms with van der Waals surface area (Å²) in [4.78, 5) is 0. The molecule has 2 nitrogen and oxygen atoms in total. The third-order valence-electron chi connectivity index (χ3n) is 3.07. The molecule has 2 heteroatoms. The summed E-state index contributed by atoms with van der Waals surface area (Å²) in [5, 5.41) is 3.56. The molecule has 0 radical (unpaired) electrons. The molecule has 1 fully saturated rings. The molecule has 78 valence electrons. The Hall–Kier alpha value is -0.760. The molecule has 0 aromatic carbocycles. The zero-order valence-electron chi connectivity index (χ0n) is 9.05. The van der Waals surface area contributed by atoms with Crippen LogP contribution >= 0.6 is 0 Å². The lowest BCUT2D eigenvalue weighted by Gasteiger charge is -2.15. The Morgan fingerprint density at radius 3 is 2.93 bits per heavy atom. The van der Waals surface area contributed by atoms with Gasteiger partial charge in [-0.25, -0.2) is 0 Å². The van der Waals surface area contributed by atoms with Crippen molar-refractivity contribution in [3.63, 3.8) is 0 Å². The smallest absolute Gasteiger partial charge is 0.105 e. The van der Waals surface area contributed by atoms with Crippen molar-refractivity contribution in [2.24, 2.45) is 5.41 Å². The van der Waals surface area contributed by atoms with E-state index in [-0.39, 0.29) is 0 Å². The maximum absolute atomic E-state index is 5.31. The first kappa shape index (κ1) is 9.78. The average molecular weight is 193 g/mol. The van der Waals surface area contributed by atoms with Crippen LogP contribution in [0.3, 0.4) is 0 Å². The van der Waals surface area contributed by atoms with E-state index in [2.05, 4.69) is 19.2 Å². The Balaban J connectivity index is 1.71. The number of nitrogens with one attached hydrogen (secondary N) is 1. The Morgan fingerprint density at radius 1 is 1.57 bits per heavy atom. The highest BCUT2D eigenvalue weighted by atomic mass is 16.3. The summed E-state index contributed by atoms with van der Waals surface area (Å²) in [6.07, 6.45) is 5.49.